The largest absolute Gasteiger partial charge is 0.481 e. The normalized spacial score (nSPS) is 4.43. The first-order valence-corrected chi connectivity index (χ1v) is 2.66. The maximum atomic E-state index is 9.00. The summed E-state index contributed by atoms with van der Waals surface area (Å²) in [5, 5.41) is 7.42. The van der Waals surface area contributed by atoms with E-state index in [4.69, 9.17) is 9.90 Å². The molecule has 4 heteroatoms. The summed E-state index contributed by atoms with van der Waals surface area (Å²) in [6.07, 6.45) is 0. The summed E-state index contributed by atoms with van der Waals surface area (Å²) >= 11 is 0. The summed E-state index contributed by atoms with van der Waals surface area (Å²) in [5.74, 6) is -0.833. The molecule has 0 aliphatic carbocycles. The van der Waals surface area contributed by atoms with Crippen molar-refractivity contribution in [3.05, 3.63) is 0 Å². The molecular formula is C3H9O2PPd. The molecule has 0 radical (unpaired) electrons. The first-order valence-electron chi connectivity index (χ1n) is 1.51. The number of hydrogen-bond acceptors (Lipinski definition) is 1. The van der Waals surface area contributed by atoms with Gasteiger partial charge >= 0.3 is 0 Å². The second kappa shape index (κ2) is 16.0. The van der Waals surface area contributed by atoms with Crippen molar-refractivity contribution in [3.63, 3.8) is 0 Å². The van der Waals surface area contributed by atoms with Crippen LogP contribution in [0.5, 0.6) is 0 Å². The molecule has 0 aliphatic rings. The molecule has 1 N–H and O–H groups in total. The van der Waals surface area contributed by atoms with Crippen molar-refractivity contribution in [3.8, 4) is 0 Å². The molecule has 0 amide bonds. The van der Waals surface area contributed by atoms with Crippen LogP contribution in [-0.4, -0.2) is 17.7 Å². The molecular weight excluding hydrogens is 205 g/mol. The van der Waals surface area contributed by atoms with Gasteiger partial charge in [0.05, 0.1) is 0 Å². The van der Waals surface area contributed by atoms with Crippen LogP contribution in [0.1, 0.15) is 6.92 Å². The van der Waals surface area contributed by atoms with Gasteiger partial charge in [-0.3, -0.25) is 4.79 Å². The van der Waals surface area contributed by atoms with Crippen molar-refractivity contribution in [1.82, 2.24) is 0 Å². The van der Waals surface area contributed by atoms with Gasteiger partial charge in [-0.25, -0.2) is 0 Å². The van der Waals surface area contributed by atoms with Crippen LogP contribution in [-0.2, 0) is 25.2 Å². The Balaban J connectivity index is -0.0000000480. The van der Waals surface area contributed by atoms with E-state index in [1.165, 1.54) is 0 Å². The standard InChI is InChI=1S/C2H4O2.CH5P.Pd/c1-2(3)4;1-2;/h1H3,(H,3,4);2H2,1H3;. The fourth-order valence-corrected chi connectivity index (χ4v) is 0. The Hall–Kier alpha value is 0.562. The van der Waals surface area contributed by atoms with Crippen LogP contribution in [0.15, 0.2) is 0 Å². The van der Waals surface area contributed by atoms with Gasteiger partial charge < -0.3 is 5.11 Å². The number of hydrogen-bond donors (Lipinski definition) is 1. The van der Waals surface area contributed by atoms with Gasteiger partial charge in [-0.2, -0.15) is 0 Å². The fraction of sp³-hybridized carbons (Fsp3) is 0.667. The third kappa shape index (κ3) is 432. The molecule has 1 unspecified atom stereocenters. The maximum Gasteiger partial charge on any atom is 0.300 e. The summed E-state index contributed by atoms with van der Waals surface area (Å²) in [5.41, 5.74) is 0. The Labute approximate surface area is 59.5 Å². The number of rotatable bonds is 0. The summed E-state index contributed by atoms with van der Waals surface area (Å²) in [6.45, 7) is 3.00. The molecule has 2 nitrogen and oxygen atoms in total. The van der Waals surface area contributed by atoms with E-state index in [0.29, 0.717) is 0 Å². The van der Waals surface area contributed by atoms with Gasteiger partial charge in [0, 0.05) is 27.3 Å². The zero-order valence-corrected chi connectivity index (χ0v) is 6.96. The van der Waals surface area contributed by atoms with Crippen LogP contribution in [0.4, 0.5) is 0 Å². The second-order valence-corrected chi connectivity index (χ2v) is 0.519. The molecule has 0 bridgehead atoms. The monoisotopic (exact) mass is 214 g/mol. The number of carboxylic acids is 1. The van der Waals surface area contributed by atoms with Gasteiger partial charge in [0.1, 0.15) is 0 Å². The molecule has 0 fully saturated rings. The van der Waals surface area contributed by atoms with E-state index in [2.05, 4.69) is 9.24 Å². The molecule has 0 saturated carbocycles. The third-order valence-corrected chi connectivity index (χ3v) is 0. The third-order valence-electron chi connectivity index (χ3n) is 0. The van der Waals surface area contributed by atoms with Crippen molar-refractivity contribution in [2.24, 2.45) is 0 Å². The second-order valence-electron chi connectivity index (χ2n) is 0.519. The summed E-state index contributed by atoms with van der Waals surface area (Å²) < 4.78 is 0. The SMILES string of the molecule is CC(=O)O.CP.[Pd]. The first-order chi connectivity index (χ1) is 2.73. The number of carboxylic acid groups (broad SMARTS) is 1. The van der Waals surface area contributed by atoms with Crippen LogP contribution >= 0.6 is 9.24 Å². The average molecular weight is 214 g/mol. The predicted octanol–water partition coefficient (Wildman–Crippen LogP) is 0.580. The van der Waals surface area contributed by atoms with Crippen LogP contribution in [0, 0.1) is 0 Å². The van der Waals surface area contributed by atoms with Gasteiger partial charge in [-0.05, 0) is 0 Å². The quantitative estimate of drug-likeness (QED) is 0.473. The van der Waals surface area contributed by atoms with Crippen LogP contribution in [0.2, 0.25) is 0 Å². The minimum absolute atomic E-state index is 0. The van der Waals surface area contributed by atoms with Crippen LogP contribution in [0.3, 0.4) is 0 Å². The summed E-state index contributed by atoms with van der Waals surface area (Å²) in [6, 6.07) is 0. The molecule has 0 heterocycles. The fourth-order valence-electron chi connectivity index (χ4n) is 0. The number of aliphatic carboxylic acids is 1. The molecule has 0 rings (SSSR count). The molecule has 0 aromatic carbocycles. The van der Waals surface area contributed by atoms with E-state index in [1.54, 1.807) is 0 Å². The van der Waals surface area contributed by atoms with E-state index in [9.17, 15) is 0 Å². The Morgan fingerprint density at radius 2 is 1.57 bits per heavy atom. The molecule has 48 valence electrons. The Kier molecular flexibility index (Phi) is 35.8. The van der Waals surface area contributed by atoms with Crippen molar-refractivity contribution >= 4 is 15.2 Å². The van der Waals surface area contributed by atoms with E-state index in [0.717, 1.165) is 6.92 Å². The van der Waals surface area contributed by atoms with Gasteiger partial charge in [-0.1, -0.05) is 6.66 Å². The topological polar surface area (TPSA) is 37.3 Å². The minimum Gasteiger partial charge on any atom is -0.481 e. The zero-order valence-electron chi connectivity index (χ0n) is 4.25. The smallest absolute Gasteiger partial charge is 0.300 e. The van der Waals surface area contributed by atoms with Crippen LogP contribution < -0.4 is 0 Å². The van der Waals surface area contributed by atoms with Gasteiger partial charge in [0.2, 0.25) is 0 Å². The van der Waals surface area contributed by atoms with Crippen molar-refractivity contribution in [2.75, 3.05) is 6.66 Å². The maximum absolute atomic E-state index is 9.00. The molecule has 0 aromatic rings. The van der Waals surface area contributed by atoms with Crippen LogP contribution in [0.25, 0.3) is 0 Å². The average Bonchev–Trinajstić information content (AvgIpc) is 1.41. The molecule has 0 spiro atoms. The minimum atomic E-state index is -0.833. The van der Waals surface area contributed by atoms with E-state index < -0.39 is 5.97 Å². The zero-order chi connectivity index (χ0) is 5.58. The van der Waals surface area contributed by atoms with Crippen molar-refractivity contribution in [2.45, 2.75) is 6.92 Å². The molecule has 1 atom stereocenters. The Morgan fingerprint density at radius 3 is 1.57 bits per heavy atom. The summed E-state index contributed by atoms with van der Waals surface area (Å²) in [4.78, 5) is 9.00. The van der Waals surface area contributed by atoms with E-state index >= 15 is 0 Å². The Bertz CT molecular complexity index is 35.9. The molecule has 0 saturated heterocycles. The summed E-state index contributed by atoms with van der Waals surface area (Å²) in [7, 11) is 2.42. The van der Waals surface area contributed by atoms with Crippen molar-refractivity contribution < 1.29 is 30.3 Å². The van der Waals surface area contributed by atoms with E-state index in [1.807, 2.05) is 6.66 Å². The predicted molar refractivity (Wildman–Crippen MR) is 28.9 cm³/mol. The van der Waals surface area contributed by atoms with Crippen molar-refractivity contribution in [1.29, 1.82) is 0 Å². The van der Waals surface area contributed by atoms with Gasteiger partial charge in [-0.15, -0.1) is 9.24 Å². The van der Waals surface area contributed by atoms with Gasteiger partial charge in [0.15, 0.2) is 0 Å². The number of carbonyl (C=O) groups is 1. The molecule has 0 aromatic heterocycles. The first kappa shape index (κ1) is 15.6. The molecule has 0 aliphatic heterocycles. The van der Waals surface area contributed by atoms with E-state index in [-0.39, 0.29) is 20.4 Å². The van der Waals surface area contributed by atoms with Gasteiger partial charge in [0.25, 0.3) is 5.97 Å². The Morgan fingerprint density at radius 1 is 1.57 bits per heavy atom. The molecule has 7 heavy (non-hydrogen) atoms.